The van der Waals surface area contributed by atoms with E-state index >= 15 is 0 Å². The maximum Gasteiger partial charge on any atom is 0.410 e. The van der Waals surface area contributed by atoms with Crippen molar-refractivity contribution >= 4 is 29.3 Å². The fourth-order valence-corrected chi connectivity index (χ4v) is 12.3. The van der Waals surface area contributed by atoms with Crippen molar-refractivity contribution < 1.29 is 28.7 Å². The summed E-state index contributed by atoms with van der Waals surface area (Å²) < 4.78 is 11.7. The molecule has 4 fully saturated rings. The number of fused-ring (bicyclic) bond motifs is 4. The molecule has 0 spiro atoms. The van der Waals surface area contributed by atoms with Crippen molar-refractivity contribution in [2.24, 2.45) is 23.2 Å². The molecule has 2 saturated heterocycles. The number of benzene rings is 1. The lowest BCUT2D eigenvalue weighted by Gasteiger charge is -2.55. The van der Waals surface area contributed by atoms with Crippen molar-refractivity contribution in [1.29, 1.82) is 0 Å². The van der Waals surface area contributed by atoms with Gasteiger partial charge >= 0.3 is 12.1 Å². The summed E-state index contributed by atoms with van der Waals surface area (Å²) in [7, 11) is 2.20. The predicted octanol–water partition coefficient (Wildman–Crippen LogP) is 8.74. The molecule has 330 valence electrons. The highest BCUT2D eigenvalue weighted by Gasteiger charge is 2.67. The fraction of sp³-hybridized carbons (Fsp3) is 0.720. The standard InChI is InChI=1S/C50H74N4O6/c1-35(55)50(59-36(2)56)23-20-45-43-18-14-39-32-41(57)17-19-42(39)46(43)44(33-49(45,50)6)38-12-15-40(16-13-38)51(7)24-10-8-9-11-25-52-26-21-37(22-27-52)34-53-28-30-54(31-29-53)47(58)60-48(3,4)5/h12-13,15-16,32,37,43-45H,8-11,14,17-31,33-34H2,1-7H3/t43-,44+,45-,49-,50-/m0/s1. The van der Waals surface area contributed by atoms with Gasteiger partial charge in [0, 0.05) is 76.7 Å². The second-order valence-corrected chi connectivity index (χ2v) is 20.5. The van der Waals surface area contributed by atoms with E-state index < -0.39 is 16.6 Å². The number of amides is 1. The van der Waals surface area contributed by atoms with Crippen LogP contribution in [0, 0.1) is 23.2 Å². The molecule has 0 bridgehead atoms. The summed E-state index contributed by atoms with van der Waals surface area (Å²) in [5.41, 5.74) is 4.56. The number of anilines is 1. The number of ether oxygens (including phenoxy) is 2. The first kappa shape index (κ1) is 44.6. The lowest BCUT2D eigenvalue weighted by Crippen LogP contribution is -2.57. The molecule has 2 aliphatic heterocycles. The minimum atomic E-state index is -1.10. The van der Waals surface area contributed by atoms with Crippen molar-refractivity contribution in [1.82, 2.24) is 14.7 Å². The Labute approximate surface area is 360 Å². The predicted molar refractivity (Wildman–Crippen MR) is 237 cm³/mol. The average molecular weight is 827 g/mol. The number of unbranched alkanes of at least 4 members (excludes halogenated alkanes) is 3. The maximum absolute atomic E-state index is 13.5. The van der Waals surface area contributed by atoms with E-state index in [-0.39, 0.29) is 35.5 Å². The first-order valence-electron chi connectivity index (χ1n) is 23.5. The molecule has 1 aromatic carbocycles. The summed E-state index contributed by atoms with van der Waals surface area (Å²) >= 11 is 0. The number of nitrogens with zero attached hydrogens (tertiary/aromatic N) is 4. The lowest BCUT2D eigenvalue weighted by atomic mass is 9.50. The van der Waals surface area contributed by atoms with Crippen LogP contribution >= 0.6 is 0 Å². The zero-order valence-electron chi connectivity index (χ0n) is 38.0. The third kappa shape index (κ3) is 9.60. The van der Waals surface area contributed by atoms with Crippen LogP contribution in [0.15, 0.2) is 47.1 Å². The van der Waals surface area contributed by atoms with Crippen LogP contribution in [0.5, 0.6) is 0 Å². The highest BCUT2D eigenvalue weighted by Crippen LogP contribution is 2.68. The molecule has 6 aliphatic rings. The first-order valence-corrected chi connectivity index (χ1v) is 23.5. The Kier molecular flexibility index (Phi) is 13.7. The van der Waals surface area contributed by atoms with Gasteiger partial charge in [0.2, 0.25) is 0 Å². The van der Waals surface area contributed by atoms with E-state index in [1.54, 1.807) is 6.92 Å². The topological polar surface area (TPSA) is 99.7 Å². The molecule has 2 heterocycles. The molecular formula is C50H74N4O6. The summed E-state index contributed by atoms with van der Waals surface area (Å²) in [5, 5.41) is 0. The van der Waals surface area contributed by atoms with Gasteiger partial charge in [-0.2, -0.15) is 0 Å². The SMILES string of the molecule is CC(=O)O[C@]1(C(C)=O)CC[C@H]2[C@@H]3CCC4=CC(=O)CCC4=C3[C@@H](c3ccc(N(C)CCCCCCN4CCC(CN5CCN(C(=O)OC(C)(C)C)CC5)CC4)cc3)C[C@@]21C. The Bertz CT molecular complexity index is 1800. The third-order valence-electron chi connectivity index (χ3n) is 15.4. The quantitative estimate of drug-likeness (QED) is 0.143. The summed E-state index contributed by atoms with van der Waals surface area (Å²) in [6.45, 7) is 20.2. The van der Waals surface area contributed by atoms with Gasteiger partial charge in [-0.05, 0) is 164 Å². The van der Waals surface area contributed by atoms with E-state index in [0.717, 1.165) is 77.3 Å². The van der Waals surface area contributed by atoms with Crippen molar-refractivity contribution in [2.45, 2.75) is 142 Å². The van der Waals surface area contributed by atoms with E-state index in [1.807, 2.05) is 31.7 Å². The largest absolute Gasteiger partial charge is 0.451 e. The molecule has 0 unspecified atom stereocenters. The molecule has 4 aliphatic carbocycles. The van der Waals surface area contributed by atoms with Crippen LogP contribution in [0.4, 0.5) is 10.5 Å². The molecule has 60 heavy (non-hydrogen) atoms. The van der Waals surface area contributed by atoms with Crippen LogP contribution in [-0.4, -0.2) is 115 Å². The number of carbonyl (C=O) groups excluding carboxylic acids is 4. The van der Waals surface area contributed by atoms with E-state index in [2.05, 4.69) is 52.9 Å². The number of likely N-dealkylation sites (tertiary alicyclic amines) is 1. The summed E-state index contributed by atoms with van der Waals surface area (Å²) in [6, 6.07) is 9.12. The molecule has 0 N–H and O–H groups in total. The minimum Gasteiger partial charge on any atom is -0.451 e. The minimum absolute atomic E-state index is 0.0322. The van der Waals surface area contributed by atoms with E-state index in [4.69, 9.17) is 9.47 Å². The average Bonchev–Trinajstić information content (AvgIpc) is 3.50. The lowest BCUT2D eigenvalue weighted by molar-refractivity contribution is -0.182. The van der Waals surface area contributed by atoms with Crippen LogP contribution in [0.25, 0.3) is 0 Å². The Balaban J connectivity index is 0.877. The molecule has 0 radical (unpaired) electrons. The molecule has 1 amide bonds. The molecule has 1 aromatic rings. The smallest absolute Gasteiger partial charge is 0.410 e. The Morgan fingerprint density at radius 3 is 2.22 bits per heavy atom. The number of Topliss-reactive ketones (excluding diaryl/α,β-unsaturated/α-hetero) is 1. The van der Waals surface area contributed by atoms with Crippen molar-refractivity contribution in [3.05, 3.63) is 52.6 Å². The second kappa shape index (κ2) is 18.5. The Morgan fingerprint density at radius 1 is 0.850 bits per heavy atom. The van der Waals surface area contributed by atoms with Gasteiger partial charge in [0.15, 0.2) is 17.2 Å². The van der Waals surface area contributed by atoms with Gasteiger partial charge < -0.3 is 24.2 Å². The van der Waals surface area contributed by atoms with Gasteiger partial charge in [0.1, 0.15) is 5.60 Å². The van der Waals surface area contributed by atoms with Gasteiger partial charge in [0.25, 0.3) is 0 Å². The van der Waals surface area contributed by atoms with Gasteiger partial charge in [0.05, 0.1) is 0 Å². The Hall–Kier alpha value is -3.50. The summed E-state index contributed by atoms with van der Waals surface area (Å²) in [6.07, 6.45) is 14.6. The van der Waals surface area contributed by atoms with Crippen molar-refractivity contribution in [3.8, 4) is 0 Å². The zero-order chi connectivity index (χ0) is 42.8. The third-order valence-corrected chi connectivity index (χ3v) is 15.4. The number of carbonyl (C=O) groups is 4. The number of piperidine rings is 1. The van der Waals surface area contributed by atoms with Gasteiger partial charge in [-0.25, -0.2) is 4.79 Å². The summed E-state index contributed by atoms with van der Waals surface area (Å²) in [4.78, 5) is 60.5. The van der Waals surface area contributed by atoms with Crippen LogP contribution in [0.3, 0.4) is 0 Å². The molecule has 5 atom stereocenters. The number of esters is 1. The highest BCUT2D eigenvalue weighted by atomic mass is 16.6. The molecule has 0 aromatic heterocycles. The number of hydrogen-bond donors (Lipinski definition) is 0. The highest BCUT2D eigenvalue weighted by molar-refractivity contribution is 5.93. The van der Waals surface area contributed by atoms with Crippen LogP contribution in [0.1, 0.15) is 136 Å². The van der Waals surface area contributed by atoms with E-state index in [1.165, 1.54) is 93.1 Å². The van der Waals surface area contributed by atoms with Crippen molar-refractivity contribution in [3.63, 3.8) is 0 Å². The van der Waals surface area contributed by atoms with Gasteiger partial charge in [-0.1, -0.05) is 37.5 Å². The number of allylic oxidation sites excluding steroid dienone is 4. The molecule has 10 heteroatoms. The normalized spacial score (nSPS) is 29.1. The summed E-state index contributed by atoms with van der Waals surface area (Å²) in [5.74, 6) is 1.25. The Morgan fingerprint density at radius 2 is 1.55 bits per heavy atom. The molecular weight excluding hydrogens is 753 g/mol. The molecule has 2 saturated carbocycles. The zero-order valence-corrected chi connectivity index (χ0v) is 38.0. The monoisotopic (exact) mass is 827 g/mol. The molecule has 10 nitrogen and oxygen atoms in total. The fourth-order valence-electron chi connectivity index (χ4n) is 12.3. The van der Waals surface area contributed by atoms with Crippen molar-refractivity contribution in [2.75, 3.05) is 70.9 Å². The maximum atomic E-state index is 13.5. The number of piperazine rings is 1. The number of hydrogen-bond acceptors (Lipinski definition) is 9. The van der Waals surface area contributed by atoms with E-state index in [9.17, 15) is 19.2 Å². The van der Waals surface area contributed by atoms with Crippen LogP contribution < -0.4 is 4.90 Å². The first-order chi connectivity index (χ1) is 28.6. The molecule has 7 rings (SSSR count). The number of ketones is 2. The number of rotatable bonds is 13. The van der Waals surface area contributed by atoms with Gasteiger partial charge in [-0.3, -0.25) is 19.3 Å². The van der Waals surface area contributed by atoms with E-state index in [0.29, 0.717) is 18.8 Å². The van der Waals surface area contributed by atoms with Crippen LogP contribution in [-0.2, 0) is 23.9 Å². The second-order valence-electron chi connectivity index (χ2n) is 20.5. The van der Waals surface area contributed by atoms with Crippen LogP contribution in [0.2, 0.25) is 0 Å². The van der Waals surface area contributed by atoms with Gasteiger partial charge in [-0.15, -0.1) is 0 Å².